The van der Waals surface area contributed by atoms with Crippen molar-refractivity contribution in [2.45, 2.75) is 19.4 Å². The largest absolute Gasteiger partial charge is 0.481 e. The van der Waals surface area contributed by atoms with Crippen LogP contribution in [0.2, 0.25) is 0 Å². The van der Waals surface area contributed by atoms with E-state index in [9.17, 15) is 14.7 Å². The second kappa shape index (κ2) is 4.63. The van der Waals surface area contributed by atoms with Crippen LogP contribution in [-0.4, -0.2) is 47.7 Å². The maximum absolute atomic E-state index is 12.6. The minimum absolute atomic E-state index is 0.000556. The number of carbonyl (C=O) groups is 2. The summed E-state index contributed by atoms with van der Waals surface area (Å²) in [6, 6.07) is 0. The van der Waals surface area contributed by atoms with Gasteiger partial charge in [-0.25, -0.2) is 0 Å². The molecule has 3 aliphatic rings. The minimum atomic E-state index is -0.837. The van der Waals surface area contributed by atoms with Gasteiger partial charge in [0.05, 0.1) is 24.5 Å². The van der Waals surface area contributed by atoms with E-state index in [1.807, 2.05) is 19.1 Å². The first-order valence-electron chi connectivity index (χ1n) is 6.89. The summed E-state index contributed by atoms with van der Waals surface area (Å²) in [6.45, 7) is 3.63. The van der Waals surface area contributed by atoms with Crippen LogP contribution >= 0.6 is 0 Å². The highest BCUT2D eigenvalue weighted by Gasteiger charge is 2.52. The van der Waals surface area contributed by atoms with Gasteiger partial charge >= 0.3 is 5.97 Å². The Morgan fingerprint density at radius 3 is 2.58 bits per heavy atom. The summed E-state index contributed by atoms with van der Waals surface area (Å²) in [5.41, 5.74) is 0. The predicted octanol–water partition coefficient (Wildman–Crippen LogP) is 0.757. The fourth-order valence-corrected chi connectivity index (χ4v) is 3.72. The first-order valence-corrected chi connectivity index (χ1v) is 6.89. The van der Waals surface area contributed by atoms with Crippen LogP contribution in [0.1, 0.15) is 13.3 Å². The van der Waals surface area contributed by atoms with Crippen molar-refractivity contribution in [1.82, 2.24) is 4.90 Å². The summed E-state index contributed by atoms with van der Waals surface area (Å²) in [6.07, 6.45) is 4.84. The molecule has 0 radical (unpaired) electrons. The van der Waals surface area contributed by atoms with E-state index in [1.54, 1.807) is 4.90 Å². The number of hydrogen-bond acceptors (Lipinski definition) is 3. The lowest BCUT2D eigenvalue weighted by Gasteiger charge is -2.35. The number of hydrogen-bond donors (Lipinski definition) is 1. The molecule has 1 N–H and O–H groups in total. The van der Waals surface area contributed by atoms with Gasteiger partial charge in [0.1, 0.15) is 0 Å². The van der Waals surface area contributed by atoms with Crippen molar-refractivity contribution in [3.05, 3.63) is 12.2 Å². The van der Waals surface area contributed by atoms with Gasteiger partial charge in [-0.2, -0.15) is 0 Å². The Hall–Kier alpha value is -1.36. The first kappa shape index (κ1) is 12.7. The van der Waals surface area contributed by atoms with Crippen molar-refractivity contribution in [2.24, 2.45) is 23.7 Å². The number of morpholine rings is 1. The van der Waals surface area contributed by atoms with Crippen molar-refractivity contribution in [1.29, 1.82) is 0 Å². The number of allylic oxidation sites excluding steroid dienone is 2. The van der Waals surface area contributed by atoms with E-state index in [-0.39, 0.29) is 29.8 Å². The number of fused-ring (bicyclic) bond motifs is 2. The molecular weight excluding hydrogens is 246 g/mol. The Balaban J connectivity index is 1.78. The van der Waals surface area contributed by atoms with Gasteiger partial charge in [-0.3, -0.25) is 9.59 Å². The van der Waals surface area contributed by atoms with Crippen LogP contribution in [0.4, 0.5) is 0 Å². The molecule has 104 valence electrons. The van der Waals surface area contributed by atoms with Gasteiger partial charge in [-0.15, -0.1) is 0 Å². The molecule has 5 atom stereocenters. The molecule has 3 rings (SSSR count). The van der Waals surface area contributed by atoms with E-state index in [1.165, 1.54) is 0 Å². The molecule has 1 saturated carbocycles. The van der Waals surface area contributed by atoms with E-state index < -0.39 is 11.9 Å². The molecule has 2 aliphatic carbocycles. The number of rotatable bonds is 2. The summed E-state index contributed by atoms with van der Waals surface area (Å²) in [5.74, 6) is -1.61. The lowest BCUT2D eigenvalue weighted by atomic mass is 9.82. The second-order valence-corrected chi connectivity index (χ2v) is 5.80. The number of carboxylic acid groups (broad SMARTS) is 1. The third-order valence-corrected chi connectivity index (χ3v) is 4.58. The lowest BCUT2D eigenvalue weighted by molar-refractivity contribution is -0.154. The Kier molecular flexibility index (Phi) is 3.09. The normalized spacial score (nSPS) is 40.7. The molecule has 0 spiro atoms. The van der Waals surface area contributed by atoms with Crippen LogP contribution in [0.15, 0.2) is 12.2 Å². The van der Waals surface area contributed by atoms with Gasteiger partial charge in [0, 0.05) is 13.1 Å². The van der Waals surface area contributed by atoms with Gasteiger partial charge in [0.2, 0.25) is 5.91 Å². The van der Waals surface area contributed by atoms with Crippen LogP contribution in [0.25, 0.3) is 0 Å². The average molecular weight is 265 g/mol. The molecule has 3 unspecified atom stereocenters. The number of carboxylic acids is 1. The zero-order valence-electron chi connectivity index (χ0n) is 11.0. The molecule has 2 fully saturated rings. The van der Waals surface area contributed by atoms with Gasteiger partial charge in [0.15, 0.2) is 0 Å². The van der Waals surface area contributed by atoms with Crippen molar-refractivity contribution < 1.29 is 19.4 Å². The molecule has 5 nitrogen and oxygen atoms in total. The highest BCUT2D eigenvalue weighted by atomic mass is 16.5. The van der Waals surface area contributed by atoms with Crippen LogP contribution < -0.4 is 0 Å². The van der Waals surface area contributed by atoms with Crippen molar-refractivity contribution in [3.63, 3.8) is 0 Å². The second-order valence-electron chi connectivity index (χ2n) is 5.80. The van der Waals surface area contributed by atoms with E-state index in [2.05, 4.69) is 0 Å². The van der Waals surface area contributed by atoms with Crippen LogP contribution in [-0.2, 0) is 14.3 Å². The molecule has 0 aromatic rings. The Morgan fingerprint density at radius 2 is 1.95 bits per heavy atom. The molecule has 2 bridgehead atoms. The molecular formula is C14H19NO4. The van der Waals surface area contributed by atoms with E-state index in [0.29, 0.717) is 19.7 Å². The van der Waals surface area contributed by atoms with Crippen LogP contribution in [0.3, 0.4) is 0 Å². The molecule has 19 heavy (non-hydrogen) atoms. The average Bonchev–Trinajstić information content (AvgIpc) is 2.97. The SMILES string of the molecule is CC1CN(C(=O)[C@H]2C3C=CC(C3)[C@H]2C(=O)O)CCO1. The van der Waals surface area contributed by atoms with E-state index >= 15 is 0 Å². The minimum Gasteiger partial charge on any atom is -0.481 e. The summed E-state index contributed by atoms with van der Waals surface area (Å²) in [7, 11) is 0. The third kappa shape index (κ3) is 2.06. The number of amides is 1. The maximum Gasteiger partial charge on any atom is 0.307 e. The van der Waals surface area contributed by atoms with E-state index in [0.717, 1.165) is 6.42 Å². The molecule has 1 heterocycles. The van der Waals surface area contributed by atoms with Crippen molar-refractivity contribution in [3.8, 4) is 0 Å². The molecule has 0 aromatic heterocycles. The Labute approximate surface area is 112 Å². The molecule has 1 aliphatic heterocycles. The van der Waals surface area contributed by atoms with Gasteiger partial charge in [-0.05, 0) is 25.2 Å². The zero-order valence-corrected chi connectivity index (χ0v) is 11.0. The highest BCUT2D eigenvalue weighted by Crippen LogP contribution is 2.48. The summed E-state index contributed by atoms with van der Waals surface area (Å²) in [5, 5.41) is 9.38. The van der Waals surface area contributed by atoms with Gasteiger partial charge in [0.25, 0.3) is 0 Å². The highest BCUT2D eigenvalue weighted by molar-refractivity contribution is 5.87. The van der Waals surface area contributed by atoms with Crippen molar-refractivity contribution >= 4 is 11.9 Å². The summed E-state index contributed by atoms with van der Waals surface area (Å²) < 4.78 is 5.43. The lowest BCUT2D eigenvalue weighted by Crippen LogP contribution is -2.49. The summed E-state index contributed by atoms with van der Waals surface area (Å²) >= 11 is 0. The third-order valence-electron chi connectivity index (χ3n) is 4.58. The molecule has 5 heteroatoms. The Bertz CT molecular complexity index is 433. The van der Waals surface area contributed by atoms with Crippen LogP contribution in [0, 0.1) is 23.7 Å². The smallest absolute Gasteiger partial charge is 0.307 e. The fourth-order valence-electron chi connectivity index (χ4n) is 3.72. The topological polar surface area (TPSA) is 66.8 Å². The standard InChI is InChI=1S/C14H19NO4/c1-8-7-15(4-5-19-8)13(16)11-9-2-3-10(6-9)12(11)14(17)18/h2-3,8-12H,4-7H2,1H3,(H,17,18)/t8?,9?,10?,11-,12+/m0/s1. The van der Waals surface area contributed by atoms with Gasteiger partial charge in [-0.1, -0.05) is 12.2 Å². The number of aliphatic carboxylic acids is 1. The number of carbonyl (C=O) groups excluding carboxylic acids is 1. The molecule has 0 aromatic carbocycles. The molecule has 1 amide bonds. The van der Waals surface area contributed by atoms with Gasteiger partial charge < -0.3 is 14.7 Å². The predicted molar refractivity (Wildman–Crippen MR) is 67.3 cm³/mol. The van der Waals surface area contributed by atoms with Crippen molar-refractivity contribution in [2.75, 3.05) is 19.7 Å². The number of ether oxygens (including phenoxy) is 1. The van der Waals surface area contributed by atoms with Crippen LogP contribution in [0.5, 0.6) is 0 Å². The zero-order chi connectivity index (χ0) is 13.6. The monoisotopic (exact) mass is 265 g/mol. The first-order chi connectivity index (χ1) is 9.08. The summed E-state index contributed by atoms with van der Waals surface area (Å²) in [4.78, 5) is 25.8. The Morgan fingerprint density at radius 1 is 1.26 bits per heavy atom. The van der Waals surface area contributed by atoms with E-state index in [4.69, 9.17) is 4.74 Å². The fraction of sp³-hybridized carbons (Fsp3) is 0.714. The number of nitrogens with zero attached hydrogens (tertiary/aromatic N) is 1. The quantitative estimate of drug-likeness (QED) is 0.748. The molecule has 1 saturated heterocycles. The maximum atomic E-state index is 12.6.